The number of morpholine rings is 1. The van der Waals surface area contributed by atoms with Gasteiger partial charge in [-0.3, -0.25) is 9.48 Å². The van der Waals surface area contributed by atoms with Crippen LogP contribution in [0.15, 0.2) is 18.3 Å². The standard InChI is InChI=1S/C17H22N6O2/c1-12-18-14(11-16(19-12)22-7-9-25-10-8-22)15-4-6-23(15)17(24)13-3-5-21(2)20-13/h3,5,11,15H,4,6-10H2,1-2H3. The zero-order valence-electron chi connectivity index (χ0n) is 14.6. The van der Waals surface area contributed by atoms with Gasteiger partial charge in [-0.25, -0.2) is 9.97 Å². The third kappa shape index (κ3) is 3.09. The summed E-state index contributed by atoms with van der Waals surface area (Å²) in [6.45, 7) is 5.72. The zero-order chi connectivity index (χ0) is 17.4. The fraction of sp³-hybridized carbons (Fsp3) is 0.529. The first-order valence-electron chi connectivity index (χ1n) is 8.61. The molecule has 2 aliphatic rings. The second kappa shape index (κ2) is 6.44. The van der Waals surface area contributed by atoms with Crippen molar-refractivity contribution in [1.82, 2.24) is 24.6 Å². The van der Waals surface area contributed by atoms with Crippen LogP contribution in [-0.2, 0) is 11.8 Å². The third-order valence-corrected chi connectivity index (χ3v) is 4.73. The smallest absolute Gasteiger partial charge is 0.274 e. The summed E-state index contributed by atoms with van der Waals surface area (Å²) in [7, 11) is 1.81. The average Bonchev–Trinajstić information content (AvgIpc) is 3.01. The van der Waals surface area contributed by atoms with E-state index in [-0.39, 0.29) is 11.9 Å². The van der Waals surface area contributed by atoms with E-state index in [4.69, 9.17) is 4.74 Å². The van der Waals surface area contributed by atoms with Gasteiger partial charge in [0.15, 0.2) is 0 Å². The summed E-state index contributed by atoms with van der Waals surface area (Å²) < 4.78 is 7.06. The van der Waals surface area contributed by atoms with Gasteiger partial charge in [0.05, 0.1) is 24.9 Å². The molecule has 0 aromatic carbocycles. The molecule has 8 heteroatoms. The number of aryl methyl sites for hydroxylation is 2. The van der Waals surface area contributed by atoms with Crippen LogP contribution in [0.1, 0.15) is 34.5 Å². The lowest BCUT2D eigenvalue weighted by Crippen LogP contribution is -2.46. The number of anilines is 1. The van der Waals surface area contributed by atoms with Crippen LogP contribution < -0.4 is 4.90 Å². The van der Waals surface area contributed by atoms with Gasteiger partial charge in [0, 0.05) is 38.9 Å². The van der Waals surface area contributed by atoms with E-state index in [0.717, 1.165) is 43.4 Å². The molecule has 0 spiro atoms. The van der Waals surface area contributed by atoms with Crippen molar-refractivity contribution >= 4 is 11.7 Å². The van der Waals surface area contributed by atoms with E-state index in [1.807, 2.05) is 24.9 Å². The normalized spacial score (nSPS) is 20.5. The molecule has 0 saturated carbocycles. The van der Waals surface area contributed by atoms with Crippen LogP contribution in [-0.4, -0.2) is 63.4 Å². The molecule has 132 valence electrons. The molecule has 2 aromatic rings. The number of nitrogens with zero attached hydrogens (tertiary/aromatic N) is 6. The molecule has 4 heterocycles. The second-order valence-electron chi connectivity index (χ2n) is 6.48. The largest absolute Gasteiger partial charge is 0.378 e. The summed E-state index contributed by atoms with van der Waals surface area (Å²) in [5.74, 6) is 1.61. The number of hydrogen-bond donors (Lipinski definition) is 0. The summed E-state index contributed by atoms with van der Waals surface area (Å²) in [5, 5.41) is 4.22. The number of amides is 1. The summed E-state index contributed by atoms with van der Waals surface area (Å²) in [5.41, 5.74) is 1.39. The van der Waals surface area contributed by atoms with E-state index in [0.29, 0.717) is 18.9 Å². The highest BCUT2D eigenvalue weighted by molar-refractivity contribution is 5.93. The van der Waals surface area contributed by atoms with Crippen molar-refractivity contribution < 1.29 is 9.53 Å². The van der Waals surface area contributed by atoms with Gasteiger partial charge < -0.3 is 14.5 Å². The van der Waals surface area contributed by atoms with E-state index in [2.05, 4.69) is 20.0 Å². The maximum Gasteiger partial charge on any atom is 0.274 e. The molecule has 0 bridgehead atoms. The van der Waals surface area contributed by atoms with Crippen LogP contribution in [0.3, 0.4) is 0 Å². The van der Waals surface area contributed by atoms with Crippen molar-refractivity contribution in [1.29, 1.82) is 0 Å². The number of likely N-dealkylation sites (tertiary alicyclic amines) is 1. The van der Waals surface area contributed by atoms with E-state index < -0.39 is 0 Å². The summed E-state index contributed by atoms with van der Waals surface area (Å²) in [6.07, 6.45) is 2.70. The molecule has 0 aliphatic carbocycles. The van der Waals surface area contributed by atoms with Crippen molar-refractivity contribution in [2.75, 3.05) is 37.7 Å². The lowest BCUT2D eigenvalue weighted by molar-refractivity contribution is 0.0443. The van der Waals surface area contributed by atoms with Gasteiger partial charge in [-0.1, -0.05) is 0 Å². The maximum absolute atomic E-state index is 12.7. The first kappa shape index (κ1) is 16.0. The van der Waals surface area contributed by atoms with E-state index >= 15 is 0 Å². The molecule has 2 aromatic heterocycles. The van der Waals surface area contributed by atoms with Crippen LogP contribution in [0.4, 0.5) is 5.82 Å². The molecule has 1 atom stereocenters. The minimum Gasteiger partial charge on any atom is -0.378 e. The highest BCUT2D eigenvalue weighted by Gasteiger charge is 2.36. The summed E-state index contributed by atoms with van der Waals surface area (Å²) in [6, 6.07) is 3.76. The van der Waals surface area contributed by atoms with Gasteiger partial charge in [-0.2, -0.15) is 5.10 Å². The predicted octanol–water partition coefficient (Wildman–Crippen LogP) is 0.942. The summed E-state index contributed by atoms with van der Waals surface area (Å²) in [4.78, 5) is 25.9. The van der Waals surface area contributed by atoms with Crippen LogP contribution in [0, 0.1) is 6.92 Å². The zero-order valence-corrected chi connectivity index (χ0v) is 14.6. The Morgan fingerprint density at radius 1 is 1.24 bits per heavy atom. The SMILES string of the molecule is Cc1nc(C2CCN2C(=O)c2ccn(C)n2)cc(N2CCOCC2)n1. The predicted molar refractivity (Wildman–Crippen MR) is 91.4 cm³/mol. The van der Waals surface area contributed by atoms with Crippen LogP contribution in [0.25, 0.3) is 0 Å². The Morgan fingerprint density at radius 3 is 2.68 bits per heavy atom. The third-order valence-electron chi connectivity index (χ3n) is 4.73. The van der Waals surface area contributed by atoms with Gasteiger partial charge in [-0.15, -0.1) is 0 Å². The monoisotopic (exact) mass is 342 g/mol. The van der Waals surface area contributed by atoms with Crippen LogP contribution in [0.2, 0.25) is 0 Å². The molecular weight excluding hydrogens is 320 g/mol. The number of aromatic nitrogens is 4. The molecule has 1 amide bonds. The molecule has 4 rings (SSSR count). The first-order valence-corrected chi connectivity index (χ1v) is 8.61. The maximum atomic E-state index is 12.7. The molecule has 2 fully saturated rings. The highest BCUT2D eigenvalue weighted by atomic mass is 16.5. The Bertz CT molecular complexity index is 783. The van der Waals surface area contributed by atoms with Gasteiger partial charge >= 0.3 is 0 Å². The highest BCUT2D eigenvalue weighted by Crippen LogP contribution is 2.34. The fourth-order valence-electron chi connectivity index (χ4n) is 3.31. The lowest BCUT2D eigenvalue weighted by Gasteiger charge is -2.40. The molecule has 2 aliphatic heterocycles. The van der Waals surface area contributed by atoms with E-state index in [1.54, 1.807) is 16.9 Å². The number of rotatable bonds is 3. The number of carbonyl (C=O) groups is 1. The minimum atomic E-state index is -0.0407. The van der Waals surface area contributed by atoms with Gasteiger partial charge in [-0.05, 0) is 19.4 Å². The molecular formula is C17H22N6O2. The molecule has 8 nitrogen and oxygen atoms in total. The minimum absolute atomic E-state index is 0.00371. The Labute approximate surface area is 146 Å². The number of ether oxygens (including phenoxy) is 1. The molecule has 2 saturated heterocycles. The van der Waals surface area contributed by atoms with Crippen molar-refractivity contribution in [3.63, 3.8) is 0 Å². The first-order chi connectivity index (χ1) is 12.1. The van der Waals surface area contributed by atoms with Crippen molar-refractivity contribution in [2.45, 2.75) is 19.4 Å². The molecule has 1 unspecified atom stereocenters. The van der Waals surface area contributed by atoms with Gasteiger partial charge in [0.2, 0.25) is 0 Å². The number of carbonyl (C=O) groups excluding carboxylic acids is 1. The lowest BCUT2D eigenvalue weighted by atomic mass is 9.98. The fourth-order valence-corrected chi connectivity index (χ4v) is 3.31. The van der Waals surface area contributed by atoms with E-state index in [1.165, 1.54) is 0 Å². The van der Waals surface area contributed by atoms with Crippen LogP contribution in [0.5, 0.6) is 0 Å². The molecule has 0 radical (unpaired) electrons. The Kier molecular flexibility index (Phi) is 4.12. The number of hydrogen-bond acceptors (Lipinski definition) is 6. The topological polar surface area (TPSA) is 76.4 Å². The van der Waals surface area contributed by atoms with Crippen LogP contribution >= 0.6 is 0 Å². The molecule has 25 heavy (non-hydrogen) atoms. The average molecular weight is 342 g/mol. The molecule has 0 N–H and O–H groups in total. The Morgan fingerprint density at radius 2 is 2.04 bits per heavy atom. The summed E-state index contributed by atoms with van der Waals surface area (Å²) >= 11 is 0. The second-order valence-corrected chi connectivity index (χ2v) is 6.48. The van der Waals surface area contributed by atoms with E-state index in [9.17, 15) is 4.79 Å². The van der Waals surface area contributed by atoms with Crippen molar-refractivity contribution in [2.24, 2.45) is 7.05 Å². The van der Waals surface area contributed by atoms with Gasteiger partial charge in [0.25, 0.3) is 5.91 Å². The Balaban J connectivity index is 1.56. The Hall–Kier alpha value is -2.48. The quantitative estimate of drug-likeness (QED) is 0.826. The van der Waals surface area contributed by atoms with Gasteiger partial charge in [0.1, 0.15) is 17.3 Å². The van der Waals surface area contributed by atoms with Crippen molar-refractivity contribution in [3.05, 3.63) is 35.5 Å². The van der Waals surface area contributed by atoms with Crippen molar-refractivity contribution in [3.8, 4) is 0 Å².